The van der Waals surface area contributed by atoms with Gasteiger partial charge in [0.25, 0.3) is 0 Å². The molecular formula is C12H19Cl4NO4S2. The lowest BCUT2D eigenvalue weighted by Crippen LogP contribution is -2.45. The van der Waals surface area contributed by atoms with Crippen molar-refractivity contribution in [1.82, 2.24) is 4.31 Å². The molecule has 136 valence electrons. The van der Waals surface area contributed by atoms with Crippen molar-refractivity contribution in [3.8, 4) is 0 Å². The van der Waals surface area contributed by atoms with E-state index in [9.17, 15) is 13.2 Å². The van der Waals surface area contributed by atoms with Crippen LogP contribution in [0.3, 0.4) is 0 Å². The van der Waals surface area contributed by atoms with E-state index in [-0.39, 0.29) is 18.4 Å². The van der Waals surface area contributed by atoms with E-state index in [0.29, 0.717) is 12.8 Å². The number of halogens is 4. The molecule has 1 rings (SSSR count). The zero-order chi connectivity index (χ0) is 17.7. The molecule has 5 nitrogen and oxygen atoms in total. The van der Waals surface area contributed by atoms with Crippen molar-refractivity contribution < 1.29 is 17.9 Å². The van der Waals surface area contributed by atoms with E-state index in [1.54, 1.807) is 0 Å². The van der Waals surface area contributed by atoms with Gasteiger partial charge in [-0.3, -0.25) is 0 Å². The summed E-state index contributed by atoms with van der Waals surface area (Å²) in [6.45, 7) is -0.0517. The van der Waals surface area contributed by atoms with E-state index < -0.39 is 24.6 Å². The van der Waals surface area contributed by atoms with Crippen molar-refractivity contribution in [1.29, 1.82) is 0 Å². The molecule has 0 N–H and O–H groups in total. The van der Waals surface area contributed by atoms with Crippen LogP contribution in [0, 0.1) is 0 Å². The van der Waals surface area contributed by atoms with E-state index in [0.717, 1.165) is 41.6 Å². The molecule has 0 bridgehead atoms. The standard InChI is InChI=1S/C12H19Cl4NO4S2/c1-23(19,20)17(9-5-3-2-4-6-9)11(18)21-7-8-22-12(15,16)10(13)14/h9-10H,2-8H2,1H3. The molecule has 0 aromatic carbocycles. The van der Waals surface area contributed by atoms with Crippen LogP contribution in [0.4, 0.5) is 4.79 Å². The normalized spacial score (nSPS) is 17.3. The Labute approximate surface area is 161 Å². The van der Waals surface area contributed by atoms with Crippen LogP contribution in [-0.4, -0.2) is 52.0 Å². The third-order valence-corrected chi connectivity index (χ3v) is 7.91. The number of sulfonamides is 1. The lowest BCUT2D eigenvalue weighted by molar-refractivity contribution is 0.116. The van der Waals surface area contributed by atoms with Crippen molar-refractivity contribution in [3.63, 3.8) is 0 Å². The summed E-state index contributed by atoms with van der Waals surface area (Å²) >= 11 is 23.9. The van der Waals surface area contributed by atoms with Gasteiger partial charge in [-0.1, -0.05) is 42.5 Å². The van der Waals surface area contributed by atoms with E-state index in [2.05, 4.69) is 0 Å². The lowest BCUT2D eigenvalue weighted by atomic mass is 9.96. The summed E-state index contributed by atoms with van der Waals surface area (Å²) < 4.78 is 28.3. The number of hydrogen-bond acceptors (Lipinski definition) is 5. The first-order valence-corrected chi connectivity index (χ1v) is 11.5. The molecule has 11 heteroatoms. The minimum Gasteiger partial charge on any atom is -0.448 e. The predicted molar refractivity (Wildman–Crippen MR) is 97.3 cm³/mol. The molecule has 0 aromatic rings. The van der Waals surface area contributed by atoms with Gasteiger partial charge >= 0.3 is 6.09 Å². The van der Waals surface area contributed by atoms with Gasteiger partial charge < -0.3 is 4.74 Å². The van der Waals surface area contributed by atoms with Gasteiger partial charge in [-0.15, -0.1) is 35.0 Å². The molecule has 23 heavy (non-hydrogen) atoms. The highest BCUT2D eigenvalue weighted by Gasteiger charge is 2.35. The minimum absolute atomic E-state index is 0.0517. The second-order valence-electron chi connectivity index (χ2n) is 5.18. The lowest BCUT2D eigenvalue weighted by Gasteiger charge is -2.31. The van der Waals surface area contributed by atoms with Crippen molar-refractivity contribution in [2.45, 2.75) is 46.6 Å². The van der Waals surface area contributed by atoms with Gasteiger partial charge in [0.15, 0.2) is 3.67 Å². The van der Waals surface area contributed by atoms with E-state index in [1.807, 2.05) is 0 Å². The highest BCUT2D eigenvalue weighted by Crippen LogP contribution is 2.42. The summed E-state index contributed by atoms with van der Waals surface area (Å²) in [5.41, 5.74) is 0. The first kappa shape index (κ1) is 21.8. The highest BCUT2D eigenvalue weighted by molar-refractivity contribution is 8.03. The van der Waals surface area contributed by atoms with Crippen LogP contribution in [0.1, 0.15) is 32.1 Å². The van der Waals surface area contributed by atoms with E-state index >= 15 is 0 Å². The second kappa shape index (κ2) is 9.43. The third-order valence-electron chi connectivity index (χ3n) is 3.30. The van der Waals surface area contributed by atoms with Crippen LogP contribution < -0.4 is 0 Å². The average Bonchev–Trinajstić information content (AvgIpc) is 2.43. The molecule has 0 spiro atoms. The summed E-state index contributed by atoms with van der Waals surface area (Å²) in [4.78, 5) is 11.1. The first-order valence-electron chi connectivity index (χ1n) is 7.02. The number of amides is 1. The van der Waals surface area contributed by atoms with Crippen molar-refractivity contribution in [3.05, 3.63) is 0 Å². The summed E-state index contributed by atoms with van der Waals surface area (Å²) in [7, 11) is -3.69. The van der Waals surface area contributed by atoms with Crippen molar-refractivity contribution in [2.75, 3.05) is 18.6 Å². The van der Waals surface area contributed by atoms with Crippen LogP contribution >= 0.6 is 58.2 Å². The molecular weight excluding hydrogens is 428 g/mol. The molecule has 0 heterocycles. The van der Waals surface area contributed by atoms with E-state index in [1.165, 1.54) is 0 Å². The van der Waals surface area contributed by atoms with Crippen LogP contribution in [0.15, 0.2) is 0 Å². The number of nitrogens with zero attached hydrogens (tertiary/aromatic N) is 1. The summed E-state index contributed by atoms with van der Waals surface area (Å²) in [6.07, 6.45) is 4.29. The second-order valence-corrected chi connectivity index (χ2v) is 11.3. The maximum atomic E-state index is 12.1. The Morgan fingerprint density at radius 3 is 2.35 bits per heavy atom. The van der Waals surface area contributed by atoms with Crippen molar-refractivity contribution in [2.24, 2.45) is 0 Å². The molecule has 1 aliphatic rings. The molecule has 0 atom stereocenters. The summed E-state index contributed by atoms with van der Waals surface area (Å²) in [5, 5.41) is 0. The molecule has 1 fully saturated rings. The van der Waals surface area contributed by atoms with Crippen LogP contribution in [0.25, 0.3) is 0 Å². The van der Waals surface area contributed by atoms with Gasteiger partial charge in [0.05, 0.1) is 12.3 Å². The molecule has 0 saturated heterocycles. The first-order chi connectivity index (χ1) is 10.6. The molecule has 0 aliphatic heterocycles. The fourth-order valence-electron chi connectivity index (χ4n) is 2.30. The topological polar surface area (TPSA) is 63.7 Å². The predicted octanol–water partition coefficient (Wildman–Crippen LogP) is 4.39. The van der Waals surface area contributed by atoms with Crippen LogP contribution in [-0.2, 0) is 14.8 Å². The quantitative estimate of drug-likeness (QED) is 0.428. The number of carbonyl (C=O) groups is 1. The fraction of sp³-hybridized carbons (Fsp3) is 0.917. The van der Waals surface area contributed by atoms with Gasteiger partial charge in [-0.25, -0.2) is 17.5 Å². The highest BCUT2D eigenvalue weighted by atomic mass is 35.5. The van der Waals surface area contributed by atoms with Crippen molar-refractivity contribution >= 4 is 74.3 Å². The van der Waals surface area contributed by atoms with Gasteiger partial charge in [-0.2, -0.15) is 0 Å². The number of ether oxygens (including phenoxy) is 1. The van der Waals surface area contributed by atoms with Gasteiger partial charge in [0.1, 0.15) is 11.4 Å². The summed E-state index contributed by atoms with van der Waals surface area (Å²) in [6, 6.07) is -0.339. The molecule has 1 aliphatic carbocycles. The summed E-state index contributed by atoms with van der Waals surface area (Å²) in [5.74, 6) is 0.233. The smallest absolute Gasteiger partial charge is 0.423 e. The van der Waals surface area contributed by atoms with Gasteiger partial charge in [0.2, 0.25) is 10.0 Å². The largest absolute Gasteiger partial charge is 0.448 e. The number of thioether (sulfide) groups is 1. The molecule has 1 saturated carbocycles. The fourth-order valence-corrected chi connectivity index (χ4v) is 4.79. The monoisotopic (exact) mass is 445 g/mol. The third kappa shape index (κ3) is 7.24. The van der Waals surface area contributed by atoms with Gasteiger partial charge in [-0.05, 0) is 12.8 Å². The molecule has 0 aromatic heterocycles. The van der Waals surface area contributed by atoms with Gasteiger partial charge in [0, 0.05) is 5.75 Å². The average molecular weight is 447 g/mol. The Bertz CT molecular complexity index is 495. The Morgan fingerprint density at radius 1 is 1.30 bits per heavy atom. The number of alkyl halides is 4. The van der Waals surface area contributed by atoms with Crippen LogP contribution in [0.2, 0.25) is 0 Å². The zero-order valence-corrected chi connectivity index (χ0v) is 17.2. The Kier molecular flexibility index (Phi) is 8.93. The number of hydrogen-bond donors (Lipinski definition) is 0. The van der Waals surface area contributed by atoms with E-state index in [4.69, 9.17) is 51.1 Å². The number of carbonyl (C=O) groups excluding carboxylic acids is 1. The zero-order valence-electron chi connectivity index (χ0n) is 12.5. The molecule has 0 radical (unpaired) electrons. The Morgan fingerprint density at radius 2 is 1.87 bits per heavy atom. The maximum absolute atomic E-state index is 12.1. The SMILES string of the molecule is CS(=O)(=O)N(C(=O)OCCSC(Cl)(Cl)C(Cl)Cl)C1CCCCC1. The minimum atomic E-state index is -3.69. The Hall–Kier alpha value is 0.730. The Balaban J connectivity index is 2.55. The molecule has 1 amide bonds. The molecule has 0 unspecified atom stereocenters. The number of rotatable bonds is 7. The maximum Gasteiger partial charge on any atom is 0.423 e. The van der Waals surface area contributed by atoms with Crippen LogP contribution in [0.5, 0.6) is 0 Å².